The van der Waals surface area contributed by atoms with E-state index in [0.29, 0.717) is 23.1 Å². The Morgan fingerprint density at radius 1 is 1.33 bits per heavy atom. The first-order valence-electron chi connectivity index (χ1n) is 3.63. The Balaban J connectivity index is 2.75. The molecule has 0 aliphatic rings. The maximum Gasteiger partial charge on any atom is 0.0638 e. The van der Waals surface area contributed by atoms with Gasteiger partial charge in [0.15, 0.2) is 0 Å². The molecule has 0 spiro atoms. The monoisotopic (exact) mass is 204 g/mol. The lowest BCUT2D eigenvalue weighted by Crippen LogP contribution is -2.13. The van der Waals surface area contributed by atoms with E-state index in [1.165, 1.54) is 0 Å². The third-order valence-corrected chi connectivity index (χ3v) is 1.95. The lowest BCUT2D eigenvalue weighted by molar-refractivity contribution is 1.02. The number of nitrogens with two attached hydrogens (primary N) is 1. The molecule has 0 bridgehead atoms. The molecule has 1 aromatic rings. The van der Waals surface area contributed by atoms with E-state index in [9.17, 15) is 0 Å². The van der Waals surface area contributed by atoms with Crippen molar-refractivity contribution >= 4 is 28.9 Å². The van der Waals surface area contributed by atoms with E-state index in [2.05, 4.69) is 5.32 Å². The van der Waals surface area contributed by atoms with Crippen molar-refractivity contribution in [1.29, 1.82) is 0 Å². The molecule has 12 heavy (non-hydrogen) atoms. The third kappa shape index (κ3) is 2.55. The van der Waals surface area contributed by atoms with Gasteiger partial charge in [0.1, 0.15) is 0 Å². The molecular formula is C8H10Cl2N2. The number of rotatable bonds is 3. The van der Waals surface area contributed by atoms with E-state index < -0.39 is 0 Å². The summed E-state index contributed by atoms with van der Waals surface area (Å²) < 4.78 is 0. The molecule has 0 amide bonds. The maximum absolute atomic E-state index is 5.87. The highest BCUT2D eigenvalue weighted by Crippen LogP contribution is 2.24. The van der Waals surface area contributed by atoms with Crippen molar-refractivity contribution in [2.45, 2.75) is 0 Å². The van der Waals surface area contributed by atoms with Crippen molar-refractivity contribution in [3.05, 3.63) is 28.2 Å². The highest BCUT2D eigenvalue weighted by molar-refractivity contribution is 6.35. The van der Waals surface area contributed by atoms with Gasteiger partial charge in [-0.3, -0.25) is 0 Å². The summed E-state index contributed by atoms with van der Waals surface area (Å²) >= 11 is 11.6. The summed E-state index contributed by atoms with van der Waals surface area (Å²) in [6, 6.07) is 5.28. The largest absolute Gasteiger partial charge is 0.383 e. The highest BCUT2D eigenvalue weighted by Gasteiger charge is 1.98. The van der Waals surface area contributed by atoms with E-state index in [-0.39, 0.29) is 0 Å². The van der Waals surface area contributed by atoms with Crippen LogP contribution in [0.2, 0.25) is 10.0 Å². The van der Waals surface area contributed by atoms with Gasteiger partial charge >= 0.3 is 0 Å². The fraction of sp³-hybridized carbons (Fsp3) is 0.250. The molecule has 0 unspecified atom stereocenters. The van der Waals surface area contributed by atoms with Crippen LogP contribution in [0, 0.1) is 0 Å². The van der Waals surface area contributed by atoms with E-state index in [1.807, 2.05) is 0 Å². The second kappa shape index (κ2) is 4.55. The van der Waals surface area contributed by atoms with Crippen LogP contribution in [-0.2, 0) is 0 Å². The number of benzene rings is 1. The summed E-state index contributed by atoms with van der Waals surface area (Å²) in [6.45, 7) is 1.27. The van der Waals surface area contributed by atoms with Crippen molar-refractivity contribution < 1.29 is 0 Å². The van der Waals surface area contributed by atoms with Gasteiger partial charge in [-0.15, -0.1) is 0 Å². The minimum atomic E-state index is 0.572. The fourth-order valence-electron chi connectivity index (χ4n) is 0.840. The average molecular weight is 205 g/mol. The van der Waals surface area contributed by atoms with Gasteiger partial charge in [-0.05, 0) is 18.2 Å². The normalized spacial score (nSPS) is 9.92. The Hall–Kier alpha value is -0.440. The van der Waals surface area contributed by atoms with Crippen molar-refractivity contribution in [3.8, 4) is 0 Å². The standard InChI is InChI=1S/C8H10Cl2N2/c9-6-1-2-7(10)8(5-6)12-4-3-11/h1-2,5,12H,3-4,11H2. The molecule has 66 valence electrons. The number of hydrogen-bond donors (Lipinski definition) is 2. The molecule has 0 saturated carbocycles. The summed E-state index contributed by atoms with van der Waals surface area (Å²) in [7, 11) is 0. The van der Waals surface area contributed by atoms with Gasteiger partial charge in [-0.25, -0.2) is 0 Å². The van der Waals surface area contributed by atoms with E-state index in [0.717, 1.165) is 5.69 Å². The van der Waals surface area contributed by atoms with Gasteiger partial charge in [0.05, 0.1) is 10.7 Å². The Morgan fingerprint density at radius 2 is 2.08 bits per heavy atom. The number of anilines is 1. The van der Waals surface area contributed by atoms with Gasteiger partial charge in [0.25, 0.3) is 0 Å². The summed E-state index contributed by atoms with van der Waals surface area (Å²) in [5.74, 6) is 0. The van der Waals surface area contributed by atoms with Crippen LogP contribution in [0.4, 0.5) is 5.69 Å². The molecular weight excluding hydrogens is 195 g/mol. The number of nitrogens with one attached hydrogen (secondary N) is 1. The second-order valence-electron chi connectivity index (χ2n) is 2.34. The lowest BCUT2D eigenvalue weighted by atomic mass is 10.3. The van der Waals surface area contributed by atoms with Crippen LogP contribution in [0.3, 0.4) is 0 Å². The first kappa shape index (κ1) is 9.65. The van der Waals surface area contributed by atoms with E-state index in [1.54, 1.807) is 18.2 Å². The van der Waals surface area contributed by atoms with E-state index >= 15 is 0 Å². The number of hydrogen-bond acceptors (Lipinski definition) is 2. The molecule has 0 aliphatic heterocycles. The van der Waals surface area contributed by atoms with Crippen molar-refractivity contribution in [1.82, 2.24) is 0 Å². The lowest BCUT2D eigenvalue weighted by Gasteiger charge is -2.06. The molecule has 2 nitrogen and oxygen atoms in total. The third-order valence-electron chi connectivity index (χ3n) is 1.39. The molecule has 0 aliphatic carbocycles. The van der Waals surface area contributed by atoms with Gasteiger partial charge in [-0.1, -0.05) is 23.2 Å². The van der Waals surface area contributed by atoms with E-state index in [4.69, 9.17) is 28.9 Å². The molecule has 3 N–H and O–H groups in total. The predicted molar refractivity (Wildman–Crippen MR) is 54.0 cm³/mol. The zero-order valence-corrected chi connectivity index (χ0v) is 7.99. The van der Waals surface area contributed by atoms with Gasteiger partial charge in [0.2, 0.25) is 0 Å². The fourth-order valence-corrected chi connectivity index (χ4v) is 1.20. The van der Waals surface area contributed by atoms with Gasteiger partial charge < -0.3 is 11.1 Å². The first-order chi connectivity index (χ1) is 5.74. The molecule has 0 atom stereocenters. The Morgan fingerprint density at radius 3 is 2.75 bits per heavy atom. The maximum atomic E-state index is 5.87. The van der Waals surface area contributed by atoms with Crippen LogP contribution in [0.1, 0.15) is 0 Å². The molecule has 0 saturated heterocycles. The Kier molecular flexibility index (Phi) is 3.66. The topological polar surface area (TPSA) is 38.0 Å². The SMILES string of the molecule is NCCNc1cc(Cl)ccc1Cl. The summed E-state index contributed by atoms with van der Waals surface area (Å²) in [5, 5.41) is 4.39. The van der Waals surface area contributed by atoms with Crippen LogP contribution in [-0.4, -0.2) is 13.1 Å². The summed E-state index contributed by atoms with van der Waals surface area (Å²) in [6.07, 6.45) is 0. The predicted octanol–water partition coefficient (Wildman–Crippen LogP) is 2.36. The Bertz CT molecular complexity index is 263. The minimum absolute atomic E-state index is 0.572. The van der Waals surface area contributed by atoms with Gasteiger partial charge in [0, 0.05) is 18.1 Å². The molecule has 1 aromatic carbocycles. The molecule has 0 radical (unpaired) electrons. The summed E-state index contributed by atoms with van der Waals surface area (Å²) in [4.78, 5) is 0. The second-order valence-corrected chi connectivity index (χ2v) is 3.18. The van der Waals surface area contributed by atoms with Crippen LogP contribution in [0.25, 0.3) is 0 Å². The van der Waals surface area contributed by atoms with Crippen molar-refractivity contribution in [2.24, 2.45) is 5.73 Å². The number of halogens is 2. The molecule has 0 aromatic heterocycles. The van der Waals surface area contributed by atoms with Crippen molar-refractivity contribution in [3.63, 3.8) is 0 Å². The first-order valence-corrected chi connectivity index (χ1v) is 4.38. The van der Waals surface area contributed by atoms with Crippen LogP contribution < -0.4 is 11.1 Å². The molecule has 1 rings (SSSR count). The van der Waals surface area contributed by atoms with Crippen LogP contribution >= 0.6 is 23.2 Å². The average Bonchev–Trinajstić information content (AvgIpc) is 2.07. The summed E-state index contributed by atoms with van der Waals surface area (Å²) in [5.41, 5.74) is 6.15. The quantitative estimate of drug-likeness (QED) is 0.794. The van der Waals surface area contributed by atoms with Crippen LogP contribution in [0.5, 0.6) is 0 Å². The molecule has 0 fully saturated rings. The minimum Gasteiger partial charge on any atom is -0.383 e. The van der Waals surface area contributed by atoms with Gasteiger partial charge in [-0.2, -0.15) is 0 Å². The molecule has 4 heteroatoms. The Labute approximate surface area is 81.7 Å². The van der Waals surface area contributed by atoms with Crippen LogP contribution in [0.15, 0.2) is 18.2 Å². The zero-order valence-electron chi connectivity index (χ0n) is 6.48. The highest BCUT2D eigenvalue weighted by atomic mass is 35.5. The molecule has 0 heterocycles. The zero-order chi connectivity index (χ0) is 8.97. The van der Waals surface area contributed by atoms with Crippen molar-refractivity contribution in [2.75, 3.05) is 18.4 Å². The smallest absolute Gasteiger partial charge is 0.0638 e.